The Morgan fingerprint density at radius 1 is 1.46 bits per heavy atom. The first kappa shape index (κ1) is 9.61. The van der Waals surface area contributed by atoms with Crippen LogP contribution in [0.5, 0.6) is 0 Å². The van der Waals surface area contributed by atoms with Gasteiger partial charge in [0.05, 0.1) is 11.4 Å². The Bertz CT molecular complexity index is 306. The van der Waals surface area contributed by atoms with Gasteiger partial charge in [-0.15, -0.1) is 0 Å². The van der Waals surface area contributed by atoms with Gasteiger partial charge in [-0.25, -0.2) is 0 Å². The maximum atomic E-state index is 7.50. The molecular formula is C10H13N3. The van der Waals surface area contributed by atoms with Gasteiger partial charge in [0, 0.05) is 12.2 Å². The molecule has 3 heteroatoms. The fourth-order valence-corrected chi connectivity index (χ4v) is 0.845. The molecule has 1 atom stereocenters. The average molecular weight is 175 g/mol. The smallest absolute Gasteiger partial charge is 0.0878 e. The van der Waals surface area contributed by atoms with Crippen LogP contribution in [-0.4, -0.2) is 17.5 Å². The Hall–Kier alpha value is -1.48. The van der Waals surface area contributed by atoms with Crippen molar-refractivity contribution < 1.29 is 0 Å². The molecule has 0 fully saturated rings. The number of nitrogens with zero attached hydrogens (tertiary/aromatic N) is 1. The van der Waals surface area contributed by atoms with Crippen molar-refractivity contribution in [3.63, 3.8) is 0 Å². The van der Waals surface area contributed by atoms with Crippen LogP contribution >= 0.6 is 0 Å². The van der Waals surface area contributed by atoms with Crippen LogP contribution in [0.25, 0.3) is 0 Å². The lowest BCUT2D eigenvalue weighted by molar-refractivity contribution is 0.923. The van der Waals surface area contributed by atoms with E-state index in [9.17, 15) is 0 Å². The Kier molecular flexibility index (Phi) is 3.34. The van der Waals surface area contributed by atoms with Gasteiger partial charge < -0.3 is 5.73 Å². The molecule has 1 unspecified atom stereocenters. The van der Waals surface area contributed by atoms with Crippen LogP contribution < -0.4 is 5.73 Å². The molecule has 0 aromatic carbocycles. The molecule has 0 aromatic rings. The first-order chi connectivity index (χ1) is 6.20. The molecule has 3 N–H and O–H groups in total. The normalized spacial score (nSPS) is 21.7. The highest BCUT2D eigenvalue weighted by atomic mass is 14.7. The summed E-state index contributed by atoms with van der Waals surface area (Å²) in [5.74, 6) is 0. The fourth-order valence-electron chi connectivity index (χ4n) is 0.845. The average Bonchev–Trinajstić information content (AvgIpc) is 2.08. The van der Waals surface area contributed by atoms with E-state index < -0.39 is 0 Å². The van der Waals surface area contributed by atoms with Crippen LogP contribution in [0.4, 0.5) is 0 Å². The number of rotatable bonds is 2. The maximum Gasteiger partial charge on any atom is 0.0878 e. The lowest BCUT2D eigenvalue weighted by Crippen LogP contribution is -2.11. The molecule has 0 heterocycles. The lowest BCUT2D eigenvalue weighted by Gasteiger charge is -2.00. The molecule has 0 saturated carbocycles. The van der Waals surface area contributed by atoms with Gasteiger partial charge in [0.2, 0.25) is 0 Å². The summed E-state index contributed by atoms with van der Waals surface area (Å²) in [5, 5.41) is 7.50. The predicted molar refractivity (Wildman–Crippen MR) is 56.2 cm³/mol. The molecule has 0 aliphatic heterocycles. The van der Waals surface area contributed by atoms with Crippen LogP contribution in [0, 0.1) is 5.41 Å². The largest absolute Gasteiger partial charge is 0.325 e. The molecule has 0 aromatic heterocycles. The number of hydrogen-bond donors (Lipinski definition) is 2. The van der Waals surface area contributed by atoms with Crippen molar-refractivity contribution in [1.82, 2.24) is 0 Å². The highest BCUT2D eigenvalue weighted by Crippen LogP contribution is 1.96. The zero-order valence-corrected chi connectivity index (χ0v) is 7.57. The highest BCUT2D eigenvalue weighted by Gasteiger charge is 2.00. The van der Waals surface area contributed by atoms with Crippen LogP contribution in [0.1, 0.15) is 6.92 Å². The molecule has 0 bridgehead atoms. The predicted octanol–water partition coefficient (Wildman–Crippen LogP) is 1.43. The van der Waals surface area contributed by atoms with Crippen molar-refractivity contribution in [2.75, 3.05) is 0 Å². The van der Waals surface area contributed by atoms with E-state index in [1.807, 2.05) is 19.1 Å². The van der Waals surface area contributed by atoms with E-state index >= 15 is 0 Å². The molecule has 0 radical (unpaired) electrons. The summed E-state index contributed by atoms with van der Waals surface area (Å²) in [7, 11) is 0. The number of aliphatic imine (C=N–C) groups is 1. The molecular weight excluding hydrogens is 162 g/mol. The van der Waals surface area contributed by atoms with Crippen molar-refractivity contribution in [2.45, 2.75) is 13.0 Å². The first-order valence-electron chi connectivity index (χ1n) is 4.14. The summed E-state index contributed by atoms with van der Waals surface area (Å²) >= 11 is 0. The van der Waals surface area contributed by atoms with Crippen LogP contribution in [0.2, 0.25) is 0 Å². The fraction of sp³-hybridized carbons (Fsp3) is 0.200. The Morgan fingerprint density at radius 3 is 2.77 bits per heavy atom. The number of nitrogens with one attached hydrogen (secondary N) is 1. The van der Waals surface area contributed by atoms with Crippen LogP contribution in [-0.2, 0) is 0 Å². The number of allylic oxidation sites excluding steroid dienone is 4. The van der Waals surface area contributed by atoms with Gasteiger partial charge in [-0.2, -0.15) is 0 Å². The second-order valence-corrected chi connectivity index (χ2v) is 2.85. The van der Waals surface area contributed by atoms with Crippen molar-refractivity contribution in [3.8, 4) is 0 Å². The van der Waals surface area contributed by atoms with E-state index in [1.165, 1.54) is 0 Å². The molecule has 1 aliphatic carbocycles. The van der Waals surface area contributed by atoms with Crippen molar-refractivity contribution in [1.29, 1.82) is 5.41 Å². The van der Waals surface area contributed by atoms with Gasteiger partial charge >= 0.3 is 0 Å². The van der Waals surface area contributed by atoms with E-state index in [0.717, 1.165) is 0 Å². The summed E-state index contributed by atoms with van der Waals surface area (Å²) in [5.41, 5.74) is 6.59. The Balaban J connectivity index is 2.67. The Morgan fingerprint density at radius 2 is 2.15 bits per heavy atom. The molecule has 1 aliphatic rings. The topological polar surface area (TPSA) is 62.2 Å². The molecule has 0 saturated heterocycles. The third-order valence-electron chi connectivity index (χ3n) is 1.51. The SMILES string of the molecule is CC(N)/C=C\N=C1\C=CC=CC1=N. The summed E-state index contributed by atoms with van der Waals surface area (Å²) in [6, 6.07) is 0.00152. The van der Waals surface area contributed by atoms with Crippen molar-refractivity contribution in [3.05, 3.63) is 36.6 Å². The van der Waals surface area contributed by atoms with Gasteiger partial charge in [0.1, 0.15) is 0 Å². The zero-order valence-electron chi connectivity index (χ0n) is 7.57. The monoisotopic (exact) mass is 175 g/mol. The number of nitrogens with two attached hydrogens (primary N) is 1. The molecule has 3 nitrogen and oxygen atoms in total. The molecule has 13 heavy (non-hydrogen) atoms. The van der Waals surface area contributed by atoms with E-state index in [-0.39, 0.29) is 6.04 Å². The second-order valence-electron chi connectivity index (χ2n) is 2.85. The van der Waals surface area contributed by atoms with E-state index in [2.05, 4.69) is 4.99 Å². The minimum Gasteiger partial charge on any atom is -0.325 e. The Labute approximate surface area is 77.9 Å². The highest BCUT2D eigenvalue weighted by molar-refractivity contribution is 6.50. The summed E-state index contributed by atoms with van der Waals surface area (Å²) in [4.78, 5) is 4.10. The maximum absolute atomic E-state index is 7.50. The second kappa shape index (κ2) is 4.52. The lowest BCUT2D eigenvalue weighted by atomic mass is 10.1. The summed E-state index contributed by atoms with van der Waals surface area (Å²) in [6.45, 7) is 1.87. The van der Waals surface area contributed by atoms with Gasteiger partial charge in [-0.3, -0.25) is 10.4 Å². The summed E-state index contributed by atoms with van der Waals surface area (Å²) in [6.07, 6.45) is 10.6. The third-order valence-corrected chi connectivity index (χ3v) is 1.51. The quantitative estimate of drug-likeness (QED) is 0.613. The van der Waals surface area contributed by atoms with E-state index in [4.69, 9.17) is 11.1 Å². The van der Waals surface area contributed by atoms with E-state index in [1.54, 1.807) is 24.4 Å². The zero-order chi connectivity index (χ0) is 9.68. The molecule has 0 spiro atoms. The van der Waals surface area contributed by atoms with Crippen LogP contribution in [0.15, 0.2) is 41.6 Å². The van der Waals surface area contributed by atoms with Gasteiger partial charge in [0.25, 0.3) is 0 Å². The van der Waals surface area contributed by atoms with Gasteiger partial charge in [0.15, 0.2) is 0 Å². The minimum absolute atomic E-state index is 0.00152. The molecule has 68 valence electrons. The first-order valence-corrected chi connectivity index (χ1v) is 4.14. The van der Waals surface area contributed by atoms with E-state index in [0.29, 0.717) is 11.4 Å². The summed E-state index contributed by atoms with van der Waals surface area (Å²) < 4.78 is 0. The molecule has 0 amide bonds. The van der Waals surface area contributed by atoms with Crippen molar-refractivity contribution >= 4 is 11.4 Å². The third kappa shape index (κ3) is 3.17. The van der Waals surface area contributed by atoms with Crippen LogP contribution in [0.3, 0.4) is 0 Å². The minimum atomic E-state index is 0.00152. The van der Waals surface area contributed by atoms with Crippen molar-refractivity contribution in [2.24, 2.45) is 10.7 Å². The van der Waals surface area contributed by atoms with Gasteiger partial charge in [-0.1, -0.05) is 12.2 Å². The van der Waals surface area contributed by atoms with Gasteiger partial charge in [-0.05, 0) is 25.2 Å². The number of hydrogen-bond acceptors (Lipinski definition) is 3. The standard InChI is InChI=1S/C10H13N3/c1-8(11)6-7-13-10-5-3-2-4-9(10)12/h2-8,12H,11H2,1H3/b7-6-,12-9?,13-10-. The molecule has 1 rings (SSSR count).